The number of aliphatic hydroxyl groups excluding tert-OH is 1. The predicted octanol–water partition coefficient (Wildman–Crippen LogP) is 8.65. The first-order valence-electron chi connectivity index (χ1n) is 17.2. The Bertz CT molecular complexity index is 1430. The zero-order valence-corrected chi connectivity index (χ0v) is 28.8. The molecule has 3 unspecified atom stereocenters. The largest absolute Gasteiger partial charge is 0.512 e. The highest BCUT2D eigenvalue weighted by Gasteiger charge is 2.48. The minimum absolute atomic E-state index is 0.00256. The van der Waals surface area contributed by atoms with Gasteiger partial charge in [0, 0.05) is 30.9 Å². The van der Waals surface area contributed by atoms with E-state index in [-0.39, 0.29) is 67.2 Å². The van der Waals surface area contributed by atoms with E-state index >= 15 is 0 Å². The number of hydrogen-bond donors (Lipinski definition) is 2. The van der Waals surface area contributed by atoms with Crippen LogP contribution in [0.4, 0.5) is 13.2 Å². The number of carbonyl (C=O) groups excluding carboxylic acids is 1. The molecule has 0 radical (unpaired) electrons. The van der Waals surface area contributed by atoms with Crippen LogP contribution >= 0.6 is 0 Å². The van der Waals surface area contributed by atoms with Gasteiger partial charge in [0.1, 0.15) is 11.4 Å². The quantitative estimate of drug-likeness (QED) is 0.206. The van der Waals surface area contributed by atoms with Gasteiger partial charge in [-0.15, -0.1) is 0 Å². The zero-order valence-electron chi connectivity index (χ0n) is 28.8. The van der Waals surface area contributed by atoms with Gasteiger partial charge in [-0.2, -0.15) is 18.4 Å². The van der Waals surface area contributed by atoms with Crippen molar-refractivity contribution in [3.63, 3.8) is 0 Å². The van der Waals surface area contributed by atoms with Crippen molar-refractivity contribution < 1.29 is 27.8 Å². The third-order valence-corrected chi connectivity index (χ3v) is 10.8. The summed E-state index contributed by atoms with van der Waals surface area (Å²) in [6.07, 6.45) is 3.85. The normalized spacial score (nSPS) is 23.4. The molecule has 1 saturated carbocycles. The summed E-state index contributed by atoms with van der Waals surface area (Å²) in [5.41, 5.74) is -0.306. The van der Waals surface area contributed by atoms with Crippen molar-refractivity contribution in [1.29, 1.82) is 5.26 Å². The predicted molar refractivity (Wildman–Crippen MR) is 178 cm³/mol. The number of nitrogens with one attached hydrogen (secondary N) is 1. The first-order valence-corrected chi connectivity index (χ1v) is 17.2. The van der Waals surface area contributed by atoms with Crippen molar-refractivity contribution >= 4 is 11.7 Å². The van der Waals surface area contributed by atoms with Gasteiger partial charge in [0.15, 0.2) is 6.29 Å². The number of benzene rings is 1. The summed E-state index contributed by atoms with van der Waals surface area (Å²) in [6, 6.07) is 6.29. The summed E-state index contributed by atoms with van der Waals surface area (Å²) < 4.78 is 49.4. The number of hydrogen-bond acceptors (Lipinski definition) is 7. The molecule has 10 heteroatoms. The van der Waals surface area contributed by atoms with Crippen LogP contribution in [0.15, 0.2) is 46.3 Å². The monoisotopic (exact) mass is 656 g/mol. The number of nitriles is 1. The zero-order chi connectivity index (χ0) is 34.6. The molecule has 0 saturated heterocycles. The Morgan fingerprint density at radius 3 is 2.43 bits per heavy atom. The van der Waals surface area contributed by atoms with Gasteiger partial charge in [0.25, 0.3) is 0 Å². The van der Waals surface area contributed by atoms with Crippen molar-refractivity contribution in [2.24, 2.45) is 10.9 Å². The molecule has 3 atom stereocenters. The lowest BCUT2D eigenvalue weighted by Crippen LogP contribution is -2.49. The van der Waals surface area contributed by atoms with Crippen LogP contribution < -0.4 is 5.32 Å². The third-order valence-electron chi connectivity index (χ3n) is 10.8. The SMILES string of the molecule is CCCC(CC1=C(O)CC(CCc2ccc(C(C#N)(CC)CC)c(C(F)(F)F)c2)(C2CCCC2)OC1=O)NC1N=C(C)C=C(C)N1C. The average molecular weight is 657 g/mol. The Labute approximate surface area is 278 Å². The minimum Gasteiger partial charge on any atom is -0.512 e. The molecule has 2 heterocycles. The summed E-state index contributed by atoms with van der Waals surface area (Å²) in [5.74, 6) is -0.525. The summed E-state index contributed by atoms with van der Waals surface area (Å²) >= 11 is 0. The summed E-state index contributed by atoms with van der Waals surface area (Å²) in [7, 11) is 1.96. The molecular formula is C37H51F3N4O3. The fourth-order valence-corrected chi connectivity index (χ4v) is 7.73. The molecule has 1 aromatic carbocycles. The first-order chi connectivity index (χ1) is 22.2. The van der Waals surface area contributed by atoms with Gasteiger partial charge < -0.3 is 14.7 Å². The number of aliphatic hydroxyl groups is 1. The molecule has 0 aromatic heterocycles. The minimum atomic E-state index is -4.62. The van der Waals surface area contributed by atoms with Gasteiger partial charge in [0.2, 0.25) is 0 Å². The maximum absolute atomic E-state index is 14.4. The maximum Gasteiger partial charge on any atom is 0.416 e. The second kappa shape index (κ2) is 14.8. The number of alkyl halides is 3. The molecule has 0 amide bonds. The van der Waals surface area contributed by atoms with E-state index in [2.05, 4.69) is 18.3 Å². The smallest absolute Gasteiger partial charge is 0.416 e. The van der Waals surface area contributed by atoms with Gasteiger partial charge in [-0.05, 0) is 94.4 Å². The highest BCUT2D eigenvalue weighted by Crippen LogP contribution is 2.47. The molecule has 0 bridgehead atoms. The third kappa shape index (κ3) is 7.88. The number of ether oxygens (including phenoxy) is 1. The second-order valence-electron chi connectivity index (χ2n) is 13.7. The number of carbonyl (C=O) groups is 1. The van der Waals surface area contributed by atoms with Crippen LogP contribution in [-0.2, 0) is 27.5 Å². The van der Waals surface area contributed by atoms with Gasteiger partial charge in [-0.1, -0.05) is 52.2 Å². The van der Waals surface area contributed by atoms with Crippen LogP contribution in [0.5, 0.6) is 0 Å². The fourth-order valence-electron chi connectivity index (χ4n) is 7.73. The van der Waals surface area contributed by atoms with Crippen molar-refractivity contribution in [3.05, 3.63) is 58.0 Å². The Hall–Kier alpha value is -3.32. The van der Waals surface area contributed by atoms with E-state index in [9.17, 15) is 28.3 Å². The van der Waals surface area contributed by atoms with Crippen molar-refractivity contribution in [3.8, 4) is 6.07 Å². The van der Waals surface area contributed by atoms with Crippen LogP contribution in [0, 0.1) is 17.2 Å². The van der Waals surface area contributed by atoms with E-state index < -0.39 is 28.7 Å². The lowest BCUT2D eigenvalue weighted by Gasteiger charge is -2.42. The van der Waals surface area contributed by atoms with Crippen LogP contribution in [0.2, 0.25) is 0 Å². The number of rotatable bonds is 13. The summed E-state index contributed by atoms with van der Waals surface area (Å²) in [4.78, 5) is 20.5. The lowest BCUT2D eigenvalue weighted by molar-refractivity contribution is -0.167. The van der Waals surface area contributed by atoms with E-state index in [0.717, 1.165) is 56.0 Å². The van der Waals surface area contributed by atoms with E-state index in [1.807, 2.05) is 31.9 Å². The van der Waals surface area contributed by atoms with E-state index in [4.69, 9.17) is 9.73 Å². The van der Waals surface area contributed by atoms with Crippen molar-refractivity contribution in [2.75, 3.05) is 7.05 Å². The molecular weight excluding hydrogens is 605 g/mol. The van der Waals surface area contributed by atoms with Gasteiger partial charge in [0.05, 0.1) is 22.6 Å². The number of aryl methyl sites for hydroxylation is 1. The highest BCUT2D eigenvalue weighted by atomic mass is 19.4. The molecule has 1 fully saturated rings. The van der Waals surface area contributed by atoms with Crippen LogP contribution in [0.25, 0.3) is 0 Å². The van der Waals surface area contributed by atoms with E-state index in [1.54, 1.807) is 19.9 Å². The molecule has 258 valence electrons. The van der Waals surface area contributed by atoms with Gasteiger partial charge >= 0.3 is 12.1 Å². The number of aliphatic imine (C=N–C) groups is 1. The van der Waals surface area contributed by atoms with Crippen LogP contribution in [0.3, 0.4) is 0 Å². The Balaban J connectivity index is 1.60. The molecule has 3 aliphatic rings. The fraction of sp³-hybridized carbons (Fsp3) is 0.649. The molecule has 7 nitrogen and oxygen atoms in total. The van der Waals surface area contributed by atoms with Gasteiger partial charge in [-0.3, -0.25) is 10.3 Å². The Morgan fingerprint density at radius 2 is 1.85 bits per heavy atom. The molecule has 2 N–H and O–H groups in total. The highest BCUT2D eigenvalue weighted by molar-refractivity contribution is 5.94. The van der Waals surface area contributed by atoms with Gasteiger partial charge in [-0.25, -0.2) is 4.79 Å². The Morgan fingerprint density at radius 1 is 1.17 bits per heavy atom. The number of cyclic esters (lactones) is 1. The molecule has 47 heavy (non-hydrogen) atoms. The molecule has 4 rings (SSSR count). The molecule has 0 spiro atoms. The average Bonchev–Trinajstić information content (AvgIpc) is 3.58. The maximum atomic E-state index is 14.4. The topological polar surface area (TPSA) is 97.9 Å². The van der Waals surface area contributed by atoms with Crippen LogP contribution in [-0.4, -0.2) is 46.7 Å². The second-order valence-corrected chi connectivity index (χ2v) is 13.7. The Kier molecular flexibility index (Phi) is 11.5. The standard InChI is InChI=1S/C37H51F3N4O3/c1-7-12-28(43-34-42-24(4)19-25(5)44(34)6)21-29-32(45)22-36(47-33(29)46,27-13-10-11-14-27)18-17-26-15-16-30(31(20-26)37(38,39)40)35(8-2,9-3)23-41/h15-16,19-20,27-28,34,43,45H,7-14,17-18,21-22H2,1-6H3. The first kappa shape index (κ1) is 36.5. The molecule has 2 aliphatic heterocycles. The lowest BCUT2D eigenvalue weighted by atomic mass is 9.73. The van der Waals surface area contributed by atoms with E-state index in [1.165, 1.54) is 6.07 Å². The van der Waals surface area contributed by atoms with Crippen molar-refractivity contribution in [2.45, 2.75) is 141 Å². The van der Waals surface area contributed by atoms with Crippen molar-refractivity contribution in [1.82, 2.24) is 10.2 Å². The van der Waals surface area contributed by atoms with Crippen LogP contribution in [0.1, 0.15) is 122 Å². The molecule has 1 aliphatic carbocycles. The number of halogens is 3. The number of esters is 1. The summed E-state index contributed by atoms with van der Waals surface area (Å²) in [5, 5.41) is 24.9. The summed E-state index contributed by atoms with van der Waals surface area (Å²) in [6.45, 7) is 9.51. The number of allylic oxidation sites excluding steroid dienone is 2. The molecule has 1 aromatic rings. The van der Waals surface area contributed by atoms with E-state index in [0.29, 0.717) is 12.0 Å². The number of nitrogens with zero attached hydrogens (tertiary/aromatic N) is 3.